The standard InChI is InChI=1S/C40H42N2P2.CH3.Ni/c1-33(41-28-16-30-43(37-20-7-3-8-21-37)38-22-9-4-10-23-38)35-18-15-19-36(32-35)34(2)42-29-17-31-44(39-24-11-5-12-25-39)40-26-13-6-14-27-40;;/h3-15,18-27,32H,16-17,28-31H2,1-2H3;1H3;/q;-1;/p+2. The monoisotopic (exact) mass is 687 g/mol. The quantitative estimate of drug-likeness (QED) is 0.0369. The van der Waals surface area contributed by atoms with Gasteiger partial charge in [0.15, 0.2) is 0 Å². The molecule has 5 aromatic carbocycles. The van der Waals surface area contributed by atoms with Gasteiger partial charge in [0.05, 0.1) is 49.4 Å². The second-order valence-corrected chi connectivity index (χ2v) is 16.4. The molecule has 0 bridgehead atoms. The van der Waals surface area contributed by atoms with E-state index in [0.717, 1.165) is 37.4 Å². The molecule has 0 N–H and O–H groups in total. The van der Waals surface area contributed by atoms with Gasteiger partial charge in [0.2, 0.25) is 0 Å². The number of hydrogen-bond donors (Lipinski definition) is 0. The van der Waals surface area contributed by atoms with E-state index >= 15 is 0 Å². The van der Waals surface area contributed by atoms with Gasteiger partial charge in [0.1, 0.15) is 0 Å². The van der Waals surface area contributed by atoms with Gasteiger partial charge in [-0.05, 0) is 79.6 Å². The Morgan fingerprint density at radius 1 is 0.457 bits per heavy atom. The van der Waals surface area contributed by atoms with Crippen molar-refractivity contribution < 1.29 is 16.5 Å². The Morgan fingerprint density at radius 2 is 0.761 bits per heavy atom. The van der Waals surface area contributed by atoms with E-state index in [4.69, 9.17) is 9.98 Å². The third kappa shape index (κ3) is 11.0. The van der Waals surface area contributed by atoms with E-state index in [1.54, 1.807) is 0 Å². The van der Waals surface area contributed by atoms with Crippen molar-refractivity contribution in [2.45, 2.75) is 26.7 Å². The topological polar surface area (TPSA) is 24.7 Å². The fourth-order valence-corrected chi connectivity index (χ4v) is 10.8. The Hall–Kier alpha value is -3.21. The largest absolute Gasteiger partial charge is 0.358 e. The van der Waals surface area contributed by atoms with Gasteiger partial charge in [-0.15, -0.1) is 0 Å². The molecule has 2 nitrogen and oxygen atoms in total. The van der Waals surface area contributed by atoms with Crippen molar-refractivity contribution >= 4 is 48.5 Å². The van der Waals surface area contributed by atoms with Crippen LogP contribution in [0.15, 0.2) is 156 Å². The maximum absolute atomic E-state index is 5.00. The summed E-state index contributed by atoms with van der Waals surface area (Å²) >= 11 is 0. The van der Waals surface area contributed by atoms with Crippen LogP contribution < -0.4 is 21.2 Å². The predicted octanol–water partition coefficient (Wildman–Crippen LogP) is 8.26. The Kier molecular flexibility index (Phi) is 16.3. The smallest absolute Gasteiger partial charge is 0.0966 e. The number of benzene rings is 5. The first kappa shape index (κ1) is 37.3. The molecule has 0 amide bonds. The zero-order chi connectivity index (χ0) is 30.4. The molecule has 0 aliphatic rings. The van der Waals surface area contributed by atoms with Gasteiger partial charge >= 0.3 is 0 Å². The fraction of sp³-hybridized carbons (Fsp3) is 0.195. The summed E-state index contributed by atoms with van der Waals surface area (Å²) in [5.41, 5.74) is 4.58. The third-order valence-electron chi connectivity index (χ3n) is 8.05. The molecule has 0 aromatic heterocycles. The van der Waals surface area contributed by atoms with Gasteiger partial charge in [-0.1, -0.05) is 91.0 Å². The second kappa shape index (κ2) is 20.1. The molecule has 0 fully saturated rings. The summed E-state index contributed by atoms with van der Waals surface area (Å²) < 4.78 is 0. The Balaban J connectivity index is 0.00000288. The molecule has 5 aromatic rings. The number of rotatable bonds is 14. The summed E-state index contributed by atoms with van der Waals surface area (Å²) in [5, 5.41) is 5.90. The minimum atomic E-state index is -0.810. The van der Waals surface area contributed by atoms with Crippen LogP contribution in [0.3, 0.4) is 0 Å². The summed E-state index contributed by atoms with van der Waals surface area (Å²) in [7, 11) is -1.62. The average molecular weight is 688 g/mol. The van der Waals surface area contributed by atoms with E-state index in [1.165, 1.54) is 44.7 Å². The van der Waals surface area contributed by atoms with E-state index in [0.29, 0.717) is 0 Å². The molecule has 0 spiro atoms. The molecule has 0 saturated heterocycles. The van der Waals surface area contributed by atoms with E-state index in [1.807, 2.05) is 0 Å². The summed E-state index contributed by atoms with van der Waals surface area (Å²) in [6, 6.07) is 52.8. The van der Waals surface area contributed by atoms with Crippen LogP contribution in [0.25, 0.3) is 0 Å². The van der Waals surface area contributed by atoms with Crippen LogP contribution in [0, 0.1) is 7.43 Å². The van der Waals surface area contributed by atoms with Gasteiger partial charge in [0, 0.05) is 53.8 Å². The van der Waals surface area contributed by atoms with Crippen molar-refractivity contribution in [3.63, 3.8) is 0 Å². The molecule has 0 atom stereocenters. The summed E-state index contributed by atoms with van der Waals surface area (Å²) in [4.78, 5) is 10.0. The molecular weight excluding hydrogens is 641 g/mol. The van der Waals surface area contributed by atoms with Crippen molar-refractivity contribution in [2.75, 3.05) is 25.4 Å². The normalized spacial score (nSPS) is 11.7. The zero-order valence-corrected chi connectivity index (χ0v) is 30.3. The molecule has 0 radical (unpaired) electrons. The average Bonchev–Trinajstić information content (AvgIpc) is 3.09. The van der Waals surface area contributed by atoms with Crippen molar-refractivity contribution in [1.29, 1.82) is 0 Å². The third-order valence-corrected chi connectivity index (χ3v) is 13.9. The zero-order valence-electron chi connectivity index (χ0n) is 27.3. The molecule has 0 saturated carbocycles. The van der Waals surface area contributed by atoms with E-state index in [2.05, 4.69) is 159 Å². The summed E-state index contributed by atoms with van der Waals surface area (Å²) in [6.45, 7) is 5.98. The van der Waals surface area contributed by atoms with Crippen molar-refractivity contribution in [2.24, 2.45) is 9.98 Å². The Morgan fingerprint density at radius 3 is 1.07 bits per heavy atom. The predicted molar refractivity (Wildman–Crippen MR) is 207 cm³/mol. The van der Waals surface area contributed by atoms with E-state index in [-0.39, 0.29) is 23.9 Å². The maximum atomic E-state index is 5.00. The number of nitrogens with zero attached hydrogens (tertiary/aromatic N) is 2. The van der Waals surface area contributed by atoms with Crippen LogP contribution in [0.2, 0.25) is 0 Å². The molecule has 0 aliphatic heterocycles. The van der Waals surface area contributed by atoms with Crippen LogP contribution in [0.5, 0.6) is 0 Å². The fourth-order valence-electron chi connectivity index (χ4n) is 5.63. The minimum Gasteiger partial charge on any atom is -0.358 e. The summed E-state index contributed by atoms with van der Waals surface area (Å²) in [5.74, 6) is 0. The molecule has 5 rings (SSSR count). The molecule has 0 heterocycles. The van der Waals surface area contributed by atoms with Crippen LogP contribution in [-0.2, 0) is 16.5 Å². The van der Waals surface area contributed by atoms with E-state index < -0.39 is 15.8 Å². The van der Waals surface area contributed by atoms with Crippen LogP contribution in [0.1, 0.15) is 37.8 Å². The molecule has 0 unspecified atom stereocenters. The van der Waals surface area contributed by atoms with Crippen LogP contribution in [0.4, 0.5) is 0 Å². The van der Waals surface area contributed by atoms with Crippen LogP contribution in [-0.4, -0.2) is 36.8 Å². The number of hydrogen-bond acceptors (Lipinski definition) is 2. The Bertz CT molecular complexity index is 1430. The second-order valence-electron chi connectivity index (χ2n) is 11.1. The van der Waals surface area contributed by atoms with Gasteiger partial charge in [-0.2, -0.15) is 0 Å². The van der Waals surface area contributed by atoms with E-state index in [9.17, 15) is 0 Å². The SMILES string of the molecule is CC(=NCCC[PH+](c1ccccc1)c1ccccc1)c1cccc(C(C)=NCCC[PH+](c2ccccc2)c2ccccc2)c1.[CH3-].[Ni]. The van der Waals surface area contributed by atoms with Gasteiger partial charge in [-0.3, -0.25) is 9.98 Å². The molecule has 240 valence electrons. The number of aliphatic imine (C=N–C) groups is 2. The Labute approximate surface area is 290 Å². The molecule has 0 aliphatic carbocycles. The van der Waals surface area contributed by atoms with Gasteiger partial charge < -0.3 is 7.43 Å². The van der Waals surface area contributed by atoms with Crippen LogP contribution >= 0.6 is 15.8 Å². The maximum Gasteiger partial charge on any atom is 0.0966 e. The van der Waals surface area contributed by atoms with Gasteiger partial charge in [0.25, 0.3) is 0 Å². The molecule has 46 heavy (non-hydrogen) atoms. The first-order valence-electron chi connectivity index (χ1n) is 15.8. The molecule has 5 heteroatoms. The van der Waals surface area contributed by atoms with Crippen molar-refractivity contribution in [3.8, 4) is 0 Å². The summed E-state index contributed by atoms with van der Waals surface area (Å²) in [6.07, 6.45) is 4.54. The first-order chi connectivity index (χ1) is 21.7. The minimum absolute atomic E-state index is 0. The first-order valence-corrected chi connectivity index (χ1v) is 19.2. The molecular formula is C41H47N2NiP2+. The van der Waals surface area contributed by atoms with Crippen molar-refractivity contribution in [1.82, 2.24) is 0 Å². The van der Waals surface area contributed by atoms with Crippen molar-refractivity contribution in [3.05, 3.63) is 164 Å². The van der Waals surface area contributed by atoms with Gasteiger partial charge in [-0.25, -0.2) is 0 Å².